The number of likely N-dealkylation sites (N-methyl/N-ethyl adjacent to an activating group) is 1. The smallest absolute Gasteiger partial charge is 0.263 e. The van der Waals surface area contributed by atoms with E-state index in [0.717, 1.165) is 38.4 Å². The maximum absolute atomic E-state index is 12.8. The summed E-state index contributed by atoms with van der Waals surface area (Å²) in [5.74, 6) is 0. The highest BCUT2D eigenvalue weighted by Crippen LogP contribution is 2.31. The van der Waals surface area contributed by atoms with E-state index in [9.17, 15) is 8.42 Å². The average Bonchev–Trinajstić information content (AvgIpc) is 2.64. The average molecular weight is 415 g/mol. The number of hydrogen-bond acceptors (Lipinski definition) is 3. The van der Waals surface area contributed by atoms with Gasteiger partial charge in [0.1, 0.15) is 4.90 Å². The Kier molecular flexibility index (Phi) is 5.97. The Morgan fingerprint density at radius 3 is 2.50 bits per heavy atom. The summed E-state index contributed by atoms with van der Waals surface area (Å²) in [5.41, 5.74) is 1.42. The first-order valence-electron chi connectivity index (χ1n) is 8.56. The fourth-order valence-electron chi connectivity index (χ4n) is 3.14. The van der Waals surface area contributed by atoms with Gasteiger partial charge in [-0.15, -0.1) is 0 Å². The van der Waals surface area contributed by atoms with Crippen molar-refractivity contribution in [3.8, 4) is 0 Å². The molecule has 26 heavy (non-hydrogen) atoms. The molecule has 0 unspecified atom stereocenters. The third-order valence-electron chi connectivity index (χ3n) is 4.64. The van der Waals surface area contributed by atoms with Crippen molar-refractivity contribution < 1.29 is 13.3 Å². The van der Waals surface area contributed by atoms with Gasteiger partial charge in [0.25, 0.3) is 10.0 Å². The Morgan fingerprint density at radius 2 is 1.81 bits per heavy atom. The van der Waals surface area contributed by atoms with E-state index in [1.54, 1.807) is 17.0 Å². The second-order valence-electron chi connectivity index (χ2n) is 6.29. The van der Waals surface area contributed by atoms with Gasteiger partial charge < -0.3 is 9.80 Å². The number of piperazine rings is 1. The van der Waals surface area contributed by atoms with Crippen molar-refractivity contribution in [2.45, 2.75) is 11.8 Å². The Morgan fingerprint density at radius 1 is 1.12 bits per heavy atom. The van der Waals surface area contributed by atoms with E-state index in [-0.39, 0.29) is 9.92 Å². The third-order valence-corrected chi connectivity index (χ3v) is 6.72. The number of nitrogens with zero attached hydrogens (tertiary/aromatic N) is 1. The Labute approximate surface area is 164 Å². The van der Waals surface area contributed by atoms with Crippen LogP contribution in [0.2, 0.25) is 10.0 Å². The van der Waals surface area contributed by atoms with Crippen LogP contribution in [0.25, 0.3) is 0 Å². The predicted molar refractivity (Wildman–Crippen MR) is 107 cm³/mol. The quantitative estimate of drug-likeness (QED) is 0.789. The van der Waals surface area contributed by atoms with Gasteiger partial charge in [-0.3, -0.25) is 4.72 Å². The van der Waals surface area contributed by atoms with Crippen LogP contribution in [0.1, 0.15) is 6.92 Å². The lowest BCUT2D eigenvalue weighted by molar-refractivity contribution is -0.898. The SMILES string of the molecule is CC[NH+]1CCN(c2ccccc2NS(=O)(=O)c2cc(Cl)ccc2Cl)CC1. The Balaban J connectivity index is 1.88. The van der Waals surface area contributed by atoms with Gasteiger partial charge in [0, 0.05) is 5.02 Å². The van der Waals surface area contributed by atoms with Gasteiger partial charge in [0.15, 0.2) is 0 Å². The molecule has 2 N–H and O–H groups in total. The summed E-state index contributed by atoms with van der Waals surface area (Å²) in [6.07, 6.45) is 0. The molecule has 0 bridgehead atoms. The molecule has 140 valence electrons. The number of halogens is 2. The zero-order chi connectivity index (χ0) is 18.7. The maximum Gasteiger partial charge on any atom is 0.263 e. The highest BCUT2D eigenvalue weighted by Gasteiger charge is 2.24. The minimum Gasteiger partial charge on any atom is -0.359 e. The molecule has 0 amide bonds. The molecule has 5 nitrogen and oxygen atoms in total. The van der Waals surface area contributed by atoms with Crippen LogP contribution in [-0.2, 0) is 10.0 Å². The fourth-order valence-corrected chi connectivity index (χ4v) is 4.97. The van der Waals surface area contributed by atoms with Crippen LogP contribution >= 0.6 is 23.2 Å². The number of hydrogen-bond donors (Lipinski definition) is 2. The number of benzene rings is 2. The van der Waals surface area contributed by atoms with E-state index >= 15 is 0 Å². The molecule has 1 fully saturated rings. The molecular formula is C18H22Cl2N3O2S+. The van der Waals surface area contributed by atoms with Gasteiger partial charge in [-0.25, -0.2) is 8.42 Å². The number of anilines is 2. The largest absolute Gasteiger partial charge is 0.359 e. The minimum atomic E-state index is -3.84. The molecule has 0 aromatic heterocycles. The zero-order valence-electron chi connectivity index (χ0n) is 14.5. The van der Waals surface area contributed by atoms with Crippen LogP contribution in [0.4, 0.5) is 11.4 Å². The number of para-hydroxylation sites is 2. The normalized spacial score (nSPS) is 15.9. The lowest BCUT2D eigenvalue weighted by Gasteiger charge is -2.34. The summed E-state index contributed by atoms with van der Waals surface area (Å²) in [4.78, 5) is 3.75. The fraction of sp³-hybridized carbons (Fsp3) is 0.333. The van der Waals surface area contributed by atoms with E-state index < -0.39 is 10.0 Å². The summed E-state index contributed by atoms with van der Waals surface area (Å²) in [5, 5.41) is 0.460. The molecule has 2 aromatic carbocycles. The molecule has 0 radical (unpaired) electrons. The van der Waals surface area contributed by atoms with Crippen LogP contribution in [0.5, 0.6) is 0 Å². The lowest BCUT2D eigenvalue weighted by atomic mass is 10.2. The van der Waals surface area contributed by atoms with E-state index in [0.29, 0.717) is 10.7 Å². The van der Waals surface area contributed by atoms with Gasteiger partial charge in [0.05, 0.1) is 49.1 Å². The first-order valence-corrected chi connectivity index (χ1v) is 10.8. The molecule has 0 saturated carbocycles. The van der Waals surface area contributed by atoms with Gasteiger partial charge in [-0.2, -0.15) is 0 Å². The van der Waals surface area contributed by atoms with Crippen molar-refractivity contribution in [3.63, 3.8) is 0 Å². The van der Waals surface area contributed by atoms with Crippen molar-refractivity contribution >= 4 is 44.6 Å². The van der Waals surface area contributed by atoms with E-state index in [1.165, 1.54) is 12.1 Å². The molecule has 0 atom stereocenters. The summed E-state index contributed by atoms with van der Waals surface area (Å²) in [6.45, 7) is 7.15. The molecule has 1 aliphatic heterocycles. The van der Waals surface area contributed by atoms with Crippen molar-refractivity contribution in [3.05, 3.63) is 52.5 Å². The maximum atomic E-state index is 12.8. The van der Waals surface area contributed by atoms with Crippen LogP contribution in [0.15, 0.2) is 47.4 Å². The number of sulfonamides is 1. The van der Waals surface area contributed by atoms with Crippen molar-refractivity contribution in [1.82, 2.24) is 0 Å². The Bertz CT molecular complexity index is 882. The molecule has 3 rings (SSSR count). The number of nitrogens with one attached hydrogen (secondary N) is 2. The van der Waals surface area contributed by atoms with Gasteiger partial charge in [0.2, 0.25) is 0 Å². The van der Waals surface area contributed by atoms with E-state index in [2.05, 4.69) is 16.5 Å². The molecule has 0 aliphatic carbocycles. The van der Waals surface area contributed by atoms with Gasteiger partial charge in [-0.05, 0) is 37.3 Å². The number of rotatable bonds is 5. The third kappa shape index (κ3) is 4.26. The monoisotopic (exact) mass is 414 g/mol. The Hall–Kier alpha value is -1.47. The van der Waals surface area contributed by atoms with Crippen LogP contribution in [-0.4, -0.2) is 41.1 Å². The highest BCUT2D eigenvalue weighted by molar-refractivity contribution is 7.92. The second kappa shape index (κ2) is 8.05. The molecule has 1 saturated heterocycles. The zero-order valence-corrected chi connectivity index (χ0v) is 16.8. The lowest BCUT2D eigenvalue weighted by Crippen LogP contribution is -3.14. The molecule has 8 heteroatoms. The first-order chi connectivity index (χ1) is 12.4. The summed E-state index contributed by atoms with van der Waals surface area (Å²) in [7, 11) is -3.84. The van der Waals surface area contributed by atoms with Gasteiger partial charge in [-0.1, -0.05) is 35.3 Å². The van der Waals surface area contributed by atoms with E-state index in [1.807, 2.05) is 18.2 Å². The highest BCUT2D eigenvalue weighted by atomic mass is 35.5. The van der Waals surface area contributed by atoms with Crippen molar-refractivity contribution in [1.29, 1.82) is 0 Å². The topological polar surface area (TPSA) is 53.9 Å². The van der Waals surface area contributed by atoms with Gasteiger partial charge >= 0.3 is 0 Å². The van der Waals surface area contributed by atoms with Crippen molar-refractivity contribution in [2.24, 2.45) is 0 Å². The van der Waals surface area contributed by atoms with Crippen LogP contribution < -0.4 is 14.5 Å². The van der Waals surface area contributed by atoms with Crippen LogP contribution in [0.3, 0.4) is 0 Å². The molecule has 0 spiro atoms. The van der Waals surface area contributed by atoms with Crippen molar-refractivity contribution in [2.75, 3.05) is 42.3 Å². The molecule has 1 aliphatic rings. The molecule has 1 heterocycles. The second-order valence-corrected chi connectivity index (χ2v) is 8.78. The minimum absolute atomic E-state index is 0.0262. The molecular weight excluding hydrogens is 393 g/mol. The number of quaternary nitrogens is 1. The first kappa shape index (κ1) is 19.3. The van der Waals surface area contributed by atoms with Crippen LogP contribution in [0, 0.1) is 0 Å². The van der Waals surface area contributed by atoms with E-state index in [4.69, 9.17) is 23.2 Å². The summed E-state index contributed by atoms with van der Waals surface area (Å²) >= 11 is 12.0. The summed E-state index contributed by atoms with van der Waals surface area (Å²) < 4.78 is 28.3. The standard InChI is InChI=1S/C18H21Cl2N3O2S/c1-2-22-9-11-23(12-10-22)17-6-4-3-5-16(17)21-26(24,25)18-13-14(19)7-8-15(18)20/h3-8,13,21H,2,9-12H2,1H3/p+1. The predicted octanol–water partition coefficient (Wildman–Crippen LogP) is 2.52. The summed E-state index contributed by atoms with van der Waals surface area (Å²) in [6, 6.07) is 11.8. The molecule has 2 aromatic rings.